The molecule has 86 valence electrons. The van der Waals surface area contributed by atoms with Gasteiger partial charge in [0.15, 0.2) is 0 Å². The van der Waals surface area contributed by atoms with Crippen molar-refractivity contribution in [1.82, 2.24) is 9.88 Å². The number of hydrogen-bond acceptors (Lipinski definition) is 4. The quantitative estimate of drug-likeness (QED) is 0.808. The second kappa shape index (κ2) is 5.42. The van der Waals surface area contributed by atoms with Crippen LogP contribution in [0.4, 0.5) is 0 Å². The molecule has 0 saturated carbocycles. The first-order valence-electron chi connectivity index (χ1n) is 5.84. The van der Waals surface area contributed by atoms with E-state index in [0.29, 0.717) is 12.5 Å². The summed E-state index contributed by atoms with van der Waals surface area (Å²) in [5.41, 5.74) is 0.923. The summed E-state index contributed by atoms with van der Waals surface area (Å²) in [7, 11) is 0. The second-order valence-electron chi connectivity index (χ2n) is 4.38. The Morgan fingerprint density at radius 3 is 3.25 bits per heavy atom. The van der Waals surface area contributed by atoms with Crippen molar-refractivity contribution in [2.45, 2.75) is 45.2 Å². The minimum Gasteiger partial charge on any atom is -0.294 e. The summed E-state index contributed by atoms with van der Waals surface area (Å²) < 4.78 is 0. The monoisotopic (exact) mass is 235 g/mol. The van der Waals surface area contributed by atoms with Gasteiger partial charge >= 0.3 is 0 Å². The van der Waals surface area contributed by atoms with Crippen molar-refractivity contribution in [3.63, 3.8) is 0 Å². The number of thiazole rings is 1. The number of aromatic nitrogens is 1. The van der Waals surface area contributed by atoms with Gasteiger partial charge in [-0.3, -0.25) is 4.90 Å². The van der Waals surface area contributed by atoms with E-state index in [0.717, 1.165) is 17.2 Å². The van der Waals surface area contributed by atoms with Crippen LogP contribution >= 0.6 is 11.3 Å². The number of likely N-dealkylation sites (tertiary alicyclic amines) is 1. The Labute approximate surface area is 101 Å². The van der Waals surface area contributed by atoms with E-state index < -0.39 is 0 Å². The van der Waals surface area contributed by atoms with Crippen LogP contribution in [0.1, 0.15) is 36.9 Å². The highest BCUT2D eigenvalue weighted by atomic mass is 32.1. The lowest BCUT2D eigenvalue weighted by atomic mass is 10.0. The molecule has 1 aromatic heterocycles. The number of nitrogens with zero attached hydrogens (tertiary/aromatic N) is 3. The summed E-state index contributed by atoms with van der Waals surface area (Å²) in [6, 6.07) is 2.82. The molecule has 1 atom stereocenters. The average molecular weight is 235 g/mol. The first kappa shape index (κ1) is 11.6. The third-order valence-corrected chi connectivity index (χ3v) is 4.02. The van der Waals surface area contributed by atoms with Crippen LogP contribution in [0, 0.1) is 11.3 Å². The average Bonchev–Trinajstić information content (AvgIpc) is 2.70. The van der Waals surface area contributed by atoms with Crippen LogP contribution in [0.25, 0.3) is 0 Å². The molecule has 1 aliphatic rings. The van der Waals surface area contributed by atoms with Crippen LogP contribution in [0.5, 0.6) is 0 Å². The molecule has 2 heterocycles. The Kier molecular flexibility index (Phi) is 3.92. The summed E-state index contributed by atoms with van der Waals surface area (Å²) in [5.74, 6) is 0. The van der Waals surface area contributed by atoms with Crippen molar-refractivity contribution < 1.29 is 0 Å². The zero-order valence-electron chi connectivity index (χ0n) is 9.65. The molecule has 1 fully saturated rings. The fraction of sp³-hybridized carbons (Fsp3) is 0.667. The van der Waals surface area contributed by atoms with Gasteiger partial charge in [-0.15, -0.1) is 11.3 Å². The largest absolute Gasteiger partial charge is 0.294 e. The van der Waals surface area contributed by atoms with E-state index in [9.17, 15) is 0 Å². The molecule has 2 rings (SSSR count). The molecule has 1 aliphatic heterocycles. The van der Waals surface area contributed by atoms with Crippen LogP contribution in [-0.4, -0.2) is 22.5 Å². The molecule has 0 spiro atoms. The normalized spacial score (nSPS) is 21.9. The highest BCUT2D eigenvalue weighted by Gasteiger charge is 2.19. The Morgan fingerprint density at radius 2 is 2.50 bits per heavy atom. The van der Waals surface area contributed by atoms with Crippen LogP contribution in [0.15, 0.2) is 5.38 Å². The SMILES string of the molecule is CC1CCCCN1Cc1nc(CC#N)cs1. The summed E-state index contributed by atoms with van der Waals surface area (Å²) in [4.78, 5) is 6.98. The molecule has 4 heteroatoms. The summed E-state index contributed by atoms with van der Waals surface area (Å²) in [5, 5.41) is 11.8. The smallest absolute Gasteiger partial charge is 0.107 e. The minimum absolute atomic E-state index is 0.437. The molecule has 16 heavy (non-hydrogen) atoms. The lowest BCUT2D eigenvalue weighted by Crippen LogP contribution is -2.36. The van der Waals surface area contributed by atoms with Gasteiger partial charge in [0, 0.05) is 11.4 Å². The van der Waals surface area contributed by atoms with Gasteiger partial charge in [0.05, 0.1) is 24.7 Å². The van der Waals surface area contributed by atoms with Gasteiger partial charge in [0.2, 0.25) is 0 Å². The maximum Gasteiger partial charge on any atom is 0.107 e. The maximum atomic E-state index is 8.60. The van der Waals surface area contributed by atoms with Crippen LogP contribution < -0.4 is 0 Å². The summed E-state index contributed by atoms with van der Waals surface area (Å²) in [6.45, 7) is 4.44. The van der Waals surface area contributed by atoms with E-state index in [1.165, 1.54) is 25.8 Å². The van der Waals surface area contributed by atoms with Gasteiger partial charge in [0.25, 0.3) is 0 Å². The number of hydrogen-bond donors (Lipinski definition) is 0. The Balaban J connectivity index is 1.94. The molecule has 3 nitrogen and oxygen atoms in total. The van der Waals surface area contributed by atoms with Gasteiger partial charge in [0.1, 0.15) is 5.01 Å². The van der Waals surface area contributed by atoms with Crippen LogP contribution in [-0.2, 0) is 13.0 Å². The van der Waals surface area contributed by atoms with Crippen LogP contribution in [0.2, 0.25) is 0 Å². The van der Waals surface area contributed by atoms with Crippen molar-refractivity contribution >= 4 is 11.3 Å². The number of piperidine rings is 1. The molecule has 0 aliphatic carbocycles. The van der Waals surface area contributed by atoms with Crippen LogP contribution in [0.3, 0.4) is 0 Å². The second-order valence-corrected chi connectivity index (χ2v) is 5.33. The standard InChI is InChI=1S/C12H17N3S/c1-10-4-2-3-7-15(10)8-12-14-11(5-6-13)9-16-12/h9-10H,2-5,7-8H2,1H3. The van der Waals surface area contributed by atoms with Crippen molar-refractivity contribution in [2.75, 3.05) is 6.54 Å². The van der Waals surface area contributed by atoms with E-state index in [1.807, 2.05) is 5.38 Å². The first-order chi connectivity index (χ1) is 7.79. The van der Waals surface area contributed by atoms with Crippen molar-refractivity contribution in [1.29, 1.82) is 5.26 Å². The van der Waals surface area contributed by atoms with E-state index >= 15 is 0 Å². The summed E-state index contributed by atoms with van der Waals surface area (Å²) in [6.07, 6.45) is 4.40. The van der Waals surface area contributed by atoms with E-state index in [1.54, 1.807) is 11.3 Å². The van der Waals surface area contributed by atoms with E-state index in [-0.39, 0.29) is 0 Å². The zero-order chi connectivity index (χ0) is 11.4. The predicted molar refractivity (Wildman–Crippen MR) is 65.2 cm³/mol. The first-order valence-corrected chi connectivity index (χ1v) is 6.72. The van der Waals surface area contributed by atoms with E-state index in [4.69, 9.17) is 5.26 Å². The van der Waals surface area contributed by atoms with Gasteiger partial charge in [-0.25, -0.2) is 4.98 Å². The maximum absolute atomic E-state index is 8.60. The van der Waals surface area contributed by atoms with Gasteiger partial charge in [-0.1, -0.05) is 6.42 Å². The van der Waals surface area contributed by atoms with Gasteiger partial charge in [-0.2, -0.15) is 5.26 Å². The number of nitriles is 1. The topological polar surface area (TPSA) is 39.9 Å². The molecule has 0 aromatic carbocycles. The summed E-state index contributed by atoms with van der Waals surface area (Å²) >= 11 is 1.68. The van der Waals surface area contributed by atoms with E-state index in [2.05, 4.69) is 22.9 Å². The molecular weight excluding hydrogens is 218 g/mol. The van der Waals surface area contributed by atoms with Crippen molar-refractivity contribution in [3.8, 4) is 6.07 Å². The molecule has 0 radical (unpaired) electrons. The van der Waals surface area contributed by atoms with Gasteiger partial charge in [-0.05, 0) is 26.3 Å². The minimum atomic E-state index is 0.437. The Bertz CT molecular complexity index is 380. The molecule has 0 amide bonds. The highest BCUT2D eigenvalue weighted by Crippen LogP contribution is 2.20. The third kappa shape index (κ3) is 2.81. The Morgan fingerprint density at radius 1 is 1.62 bits per heavy atom. The highest BCUT2D eigenvalue weighted by molar-refractivity contribution is 7.09. The number of rotatable bonds is 3. The molecule has 0 N–H and O–H groups in total. The molecule has 1 saturated heterocycles. The predicted octanol–water partition coefficient (Wildman–Crippen LogP) is 2.58. The van der Waals surface area contributed by atoms with Gasteiger partial charge < -0.3 is 0 Å². The zero-order valence-corrected chi connectivity index (χ0v) is 10.5. The van der Waals surface area contributed by atoms with Crippen molar-refractivity contribution in [2.24, 2.45) is 0 Å². The lowest BCUT2D eigenvalue weighted by molar-refractivity contribution is 0.152. The molecular formula is C12H17N3S. The third-order valence-electron chi connectivity index (χ3n) is 3.14. The Hall–Kier alpha value is -0.920. The molecule has 0 bridgehead atoms. The molecule has 1 unspecified atom stereocenters. The lowest BCUT2D eigenvalue weighted by Gasteiger charge is -2.32. The molecule has 1 aromatic rings. The fourth-order valence-corrected chi connectivity index (χ4v) is 2.97. The van der Waals surface area contributed by atoms with Crippen molar-refractivity contribution in [3.05, 3.63) is 16.1 Å². The fourth-order valence-electron chi connectivity index (χ4n) is 2.15.